The van der Waals surface area contributed by atoms with Gasteiger partial charge in [-0.1, -0.05) is 66.2 Å². The Labute approximate surface area is 250 Å². The summed E-state index contributed by atoms with van der Waals surface area (Å²) in [6.07, 6.45) is 1.77. The Balaban J connectivity index is 1.32. The van der Waals surface area contributed by atoms with Gasteiger partial charge in [0.2, 0.25) is 0 Å². The quantitative estimate of drug-likeness (QED) is 0.169. The first-order valence-corrected chi connectivity index (χ1v) is 13.9. The molecule has 214 valence electrons. The van der Waals surface area contributed by atoms with E-state index in [2.05, 4.69) is 5.10 Å². The molecular weight excluding hydrogens is 552 g/mol. The van der Waals surface area contributed by atoms with E-state index in [0.717, 1.165) is 11.1 Å². The molecule has 1 amide bonds. The van der Waals surface area contributed by atoms with Crippen LogP contribution in [0.2, 0.25) is 5.02 Å². The number of nitrogens with zero attached hydrogens (tertiary/aromatic N) is 2. The fraction of sp³-hybridized carbons (Fsp3) is 0.176. The molecule has 0 saturated carbocycles. The van der Waals surface area contributed by atoms with Gasteiger partial charge in [0.05, 0.1) is 35.7 Å². The van der Waals surface area contributed by atoms with Crippen molar-refractivity contribution in [1.29, 1.82) is 0 Å². The summed E-state index contributed by atoms with van der Waals surface area (Å²) in [4.78, 5) is 13.2. The summed E-state index contributed by atoms with van der Waals surface area (Å²) in [5, 5.41) is 6.21. The van der Waals surface area contributed by atoms with Crippen LogP contribution in [0, 0.1) is 0 Å². The van der Waals surface area contributed by atoms with Crippen molar-refractivity contribution >= 4 is 35.0 Å². The third-order valence-corrected chi connectivity index (χ3v) is 6.84. The Morgan fingerprint density at radius 2 is 1.52 bits per heavy atom. The third kappa shape index (κ3) is 6.58. The van der Waals surface area contributed by atoms with Crippen LogP contribution in [-0.4, -0.2) is 25.3 Å². The maximum absolute atomic E-state index is 13.2. The van der Waals surface area contributed by atoms with E-state index in [-0.39, 0.29) is 12.5 Å². The van der Waals surface area contributed by atoms with Crippen molar-refractivity contribution < 1.29 is 23.7 Å². The van der Waals surface area contributed by atoms with Crippen LogP contribution in [0.4, 0.5) is 5.69 Å². The van der Waals surface area contributed by atoms with Gasteiger partial charge in [-0.05, 0) is 73.0 Å². The second kappa shape index (κ2) is 13.3. The molecule has 0 fully saturated rings. The van der Waals surface area contributed by atoms with Crippen LogP contribution in [0.5, 0.6) is 23.0 Å². The highest BCUT2D eigenvalue weighted by Gasteiger charge is 2.28. The van der Waals surface area contributed by atoms with E-state index >= 15 is 0 Å². The number of ether oxygens (including phenoxy) is 4. The highest BCUT2D eigenvalue weighted by molar-refractivity contribution is 6.33. The standard InChI is InChI=1S/C34H31ClN2O5/c1-4-40-32-20-26(17-28-23(2)36-37(34(28)38)27-13-9-6-10-14-27)18-29(35)33(32)42-22-25-15-16-30(31(19-25)39-3)41-21-24-11-7-5-8-12-24/h5-20H,4,21-22H2,1-3H3/b28-17-. The number of halogens is 1. The highest BCUT2D eigenvalue weighted by atomic mass is 35.5. The first-order valence-electron chi connectivity index (χ1n) is 13.6. The number of hydrazone groups is 1. The Bertz CT molecular complexity index is 1620. The molecule has 0 unspecified atom stereocenters. The van der Waals surface area contributed by atoms with Gasteiger partial charge in [-0.3, -0.25) is 4.79 Å². The summed E-state index contributed by atoms with van der Waals surface area (Å²) in [6, 6.07) is 28.5. The summed E-state index contributed by atoms with van der Waals surface area (Å²) < 4.78 is 23.6. The molecule has 0 spiro atoms. The van der Waals surface area contributed by atoms with Crippen LogP contribution in [0.15, 0.2) is 102 Å². The summed E-state index contributed by atoms with van der Waals surface area (Å²) in [7, 11) is 1.60. The first-order chi connectivity index (χ1) is 20.5. The summed E-state index contributed by atoms with van der Waals surface area (Å²) in [6.45, 7) is 4.77. The van der Waals surface area contributed by atoms with Crippen molar-refractivity contribution in [3.05, 3.63) is 118 Å². The van der Waals surface area contributed by atoms with Gasteiger partial charge in [0.15, 0.2) is 23.0 Å². The predicted molar refractivity (Wildman–Crippen MR) is 166 cm³/mol. The average molecular weight is 583 g/mol. The smallest absolute Gasteiger partial charge is 0.280 e. The molecule has 4 aromatic rings. The van der Waals surface area contributed by atoms with E-state index < -0.39 is 0 Å². The van der Waals surface area contributed by atoms with Crippen molar-refractivity contribution in [1.82, 2.24) is 0 Å². The van der Waals surface area contributed by atoms with E-state index in [1.54, 1.807) is 19.3 Å². The Hall–Kier alpha value is -4.75. The minimum atomic E-state index is -0.210. The molecule has 42 heavy (non-hydrogen) atoms. The molecule has 8 heteroatoms. The molecule has 5 rings (SSSR count). The van der Waals surface area contributed by atoms with Crippen molar-refractivity contribution in [3.8, 4) is 23.0 Å². The number of benzene rings is 4. The number of carbonyl (C=O) groups excluding carboxylic acids is 1. The SMILES string of the molecule is CCOc1cc(/C=C2\C(=O)N(c3ccccc3)N=C2C)cc(Cl)c1OCc1ccc(OCc2ccccc2)c(OC)c1. The van der Waals surface area contributed by atoms with Crippen molar-refractivity contribution in [2.45, 2.75) is 27.1 Å². The van der Waals surface area contributed by atoms with Gasteiger partial charge in [-0.25, -0.2) is 0 Å². The number of amides is 1. The molecule has 1 heterocycles. The number of hydrogen-bond donors (Lipinski definition) is 0. The molecule has 0 radical (unpaired) electrons. The van der Waals surface area contributed by atoms with Crippen molar-refractivity contribution in [2.75, 3.05) is 18.7 Å². The maximum atomic E-state index is 13.2. The monoisotopic (exact) mass is 582 g/mol. The molecular formula is C34H31ClN2O5. The van der Waals surface area contributed by atoms with Gasteiger partial charge in [0.1, 0.15) is 13.2 Å². The minimum absolute atomic E-state index is 0.210. The lowest BCUT2D eigenvalue weighted by Crippen LogP contribution is -2.21. The number of rotatable bonds is 11. The highest BCUT2D eigenvalue weighted by Crippen LogP contribution is 2.39. The van der Waals surface area contributed by atoms with Crippen molar-refractivity contribution in [3.63, 3.8) is 0 Å². The minimum Gasteiger partial charge on any atom is -0.493 e. The van der Waals surface area contributed by atoms with Crippen LogP contribution in [0.1, 0.15) is 30.5 Å². The normalized spacial score (nSPS) is 13.7. The van der Waals surface area contributed by atoms with E-state index in [9.17, 15) is 4.79 Å². The summed E-state index contributed by atoms with van der Waals surface area (Å²) in [5.74, 6) is 1.93. The zero-order valence-corrected chi connectivity index (χ0v) is 24.4. The molecule has 0 saturated heterocycles. The average Bonchev–Trinajstić information content (AvgIpc) is 3.29. The van der Waals surface area contributed by atoms with Gasteiger partial charge < -0.3 is 18.9 Å². The van der Waals surface area contributed by atoms with Crippen LogP contribution in [0.25, 0.3) is 6.08 Å². The van der Waals surface area contributed by atoms with Gasteiger partial charge in [0.25, 0.3) is 5.91 Å². The third-order valence-electron chi connectivity index (χ3n) is 6.55. The number of anilines is 1. The van der Waals surface area contributed by atoms with Crippen LogP contribution < -0.4 is 24.0 Å². The summed E-state index contributed by atoms with van der Waals surface area (Å²) >= 11 is 6.70. The van der Waals surface area contributed by atoms with E-state index in [0.29, 0.717) is 63.8 Å². The van der Waals surface area contributed by atoms with Gasteiger partial charge in [-0.15, -0.1) is 0 Å². The number of hydrogen-bond acceptors (Lipinski definition) is 6. The van der Waals surface area contributed by atoms with Crippen LogP contribution in [0.3, 0.4) is 0 Å². The Kier molecular flexibility index (Phi) is 9.09. The zero-order chi connectivity index (χ0) is 29.5. The summed E-state index contributed by atoms with van der Waals surface area (Å²) in [5.41, 5.74) is 4.43. The molecule has 7 nitrogen and oxygen atoms in total. The molecule has 0 N–H and O–H groups in total. The molecule has 4 aromatic carbocycles. The lowest BCUT2D eigenvalue weighted by Gasteiger charge is -2.16. The predicted octanol–water partition coefficient (Wildman–Crippen LogP) is 7.71. The largest absolute Gasteiger partial charge is 0.493 e. The molecule has 0 aliphatic carbocycles. The Morgan fingerprint density at radius 1 is 0.810 bits per heavy atom. The topological polar surface area (TPSA) is 69.6 Å². The van der Waals surface area contributed by atoms with Crippen LogP contribution >= 0.6 is 11.6 Å². The van der Waals surface area contributed by atoms with E-state index in [4.69, 9.17) is 30.5 Å². The molecule has 0 atom stereocenters. The first kappa shape index (κ1) is 28.8. The van der Waals surface area contributed by atoms with Crippen molar-refractivity contribution in [2.24, 2.45) is 5.10 Å². The zero-order valence-electron chi connectivity index (χ0n) is 23.7. The molecule has 0 bridgehead atoms. The fourth-order valence-electron chi connectivity index (χ4n) is 4.48. The Morgan fingerprint density at radius 3 is 2.24 bits per heavy atom. The number of carbonyl (C=O) groups is 1. The lowest BCUT2D eigenvalue weighted by atomic mass is 10.1. The van der Waals surface area contributed by atoms with Gasteiger partial charge in [-0.2, -0.15) is 10.1 Å². The molecule has 0 aromatic heterocycles. The fourth-order valence-corrected chi connectivity index (χ4v) is 4.75. The van der Waals surface area contributed by atoms with Crippen LogP contribution in [-0.2, 0) is 18.0 Å². The number of methoxy groups -OCH3 is 1. The molecule has 1 aliphatic heterocycles. The number of para-hydroxylation sites is 1. The van der Waals surface area contributed by atoms with E-state index in [1.165, 1.54) is 5.01 Å². The van der Waals surface area contributed by atoms with Gasteiger partial charge in [0, 0.05) is 0 Å². The van der Waals surface area contributed by atoms with E-state index in [1.807, 2.05) is 98.8 Å². The lowest BCUT2D eigenvalue weighted by molar-refractivity contribution is -0.114. The molecule has 1 aliphatic rings. The second-order valence-electron chi connectivity index (χ2n) is 9.51. The maximum Gasteiger partial charge on any atom is 0.280 e. The second-order valence-corrected chi connectivity index (χ2v) is 9.91. The van der Waals surface area contributed by atoms with Gasteiger partial charge >= 0.3 is 0 Å².